The van der Waals surface area contributed by atoms with Crippen molar-refractivity contribution in [1.29, 1.82) is 0 Å². The van der Waals surface area contributed by atoms with Gasteiger partial charge >= 0.3 is 5.97 Å². The maximum Gasteiger partial charge on any atom is 0.305 e. The number of pyridine rings is 1. The van der Waals surface area contributed by atoms with Gasteiger partial charge in [0.05, 0.1) is 30.0 Å². The number of amides is 1. The second-order valence-electron chi connectivity index (χ2n) is 15.6. The minimum Gasteiger partial charge on any atom is -0.469 e. The molecule has 1 amide bonds. The van der Waals surface area contributed by atoms with Gasteiger partial charge in [-0.1, -0.05) is 18.6 Å². The molecule has 0 spiro atoms. The molecule has 2 N–H and O–H groups in total. The van der Waals surface area contributed by atoms with Crippen molar-refractivity contribution in [3.8, 4) is 0 Å². The molecule has 2 aromatic carbocycles. The van der Waals surface area contributed by atoms with Crippen LogP contribution >= 0.6 is 0 Å². The number of nitrogens with two attached hydrogens (primary N) is 1. The molecule has 4 fully saturated rings. The standard InChI is InChI=1S/C40H49F2N5O5S/c1-52-37(48)21-28-5-2-8-35(28)40(27-45-17-4-18-45,30-6-3-7-31(41)22-30)29-15-19-46(20-16-29)24-39(42)25-47(26-39)32-9-11-33(12-10-32)53(50,51)34-13-14-36(38(43)49)44-23-34/h3,6-7,9-14,22-23,28-29,35H,2,4-5,8,15-21,24-27H2,1H3,(H2,43,49)/t28-,35+,40+/m1/s1. The molecule has 0 bridgehead atoms. The fraction of sp³-hybridized carbons (Fsp3) is 0.525. The zero-order valence-electron chi connectivity index (χ0n) is 30.3. The lowest BCUT2D eigenvalue weighted by Gasteiger charge is -2.54. The van der Waals surface area contributed by atoms with E-state index in [0.717, 1.165) is 88.7 Å². The molecule has 53 heavy (non-hydrogen) atoms. The summed E-state index contributed by atoms with van der Waals surface area (Å²) < 4.78 is 62.6. The van der Waals surface area contributed by atoms with Gasteiger partial charge in [0.1, 0.15) is 11.5 Å². The maximum atomic E-state index is 16.2. The zero-order valence-corrected chi connectivity index (χ0v) is 31.1. The van der Waals surface area contributed by atoms with Gasteiger partial charge < -0.3 is 20.3 Å². The number of sulfone groups is 1. The average Bonchev–Trinajstić information content (AvgIpc) is 3.59. The number of piperidine rings is 1. The molecule has 3 aliphatic heterocycles. The van der Waals surface area contributed by atoms with E-state index >= 15 is 4.39 Å². The third-order valence-electron chi connectivity index (χ3n) is 12.4. The van der Waals surface area contributed by atoms with Crippen LogP contribution in [0.3, 0.4) is 0 Å². The number of esters is 1. The van der Waals surface area contributed by atoms with Gasteiger partial charge in [-0.15, -0.1) is 0 Å². The third kappa shape index (κ3) is 7.57. The summed E-state index contributed by atoms with van der Waals surface area (Å²) in [7, 11) is -2.42. The molecule has 3 aromatic rings. The Balaban J connectivity index is 1.02. The number of alkyl halides is 1. The zero-order chi connectivity index (χ0) is 37.4. The second kappa shape index (κ2) is 15.1. The number of nitrogens with zero attached hydrogens (tertiary/aromatic N) is 4. The molecule has 4 heterocycles. The van der Waals surface area contributed by atoms with E-state index in [1.807, 2.05) is 11.0 Å². The Morgan fingerprint density at radius 3 is 2.26 bits per heavy atom. The van der Waals surface area contributed by atoms with Crippen molar-refractivity contribution in [2.45, 2.75) is 65.8 Å². The van der Waals surface area contributed by atoms with Crippen LogP contribution in [-0.4, -0.2) is 100 Å². The summed E-state index contributed by atoms with van der Waals surface area (Å²) in [6, 6.07) is 16.1. The largest absolute Gasteiger partial charge is 0.469 e. The van der Waals surface area contributed by atoms with Crippen LogP contribution in [0.2, 0.25) is 0 Å². The molecule has 7 rings (SSSR count). The van der Waals surface area contributed by atoms with E-state index in [9.17, 15) is 22.4 Å². The summed E-state index contributed by atoms with van der Waals surface area (Å²) in [4.78, 5) is 34.4. The first-order chi connectivity index (χ1) is 25.4. The number of hydrogen-bond acceptors (Lipinski definition) is 9. The number of rotatable bonds is 13. The summed E-state index contributed by atoms with van der Waals surface area (Å²) in [5.41, 5.74) is 5.23. The van der Waals surface area contributed by atoms with Crippen molar-refractivity contribution in [2.75, 3.05) is 64.4 Å². The Morgan fingerprint density at radius 1 is 0.943 bits per heavy atom. The number of ether oxygens (including phenoxy) is 1. The van der Waals surface area contributed by atoms with E-state index in [0.29, 0.717) is 13.0 Å². The van der Waals surface area contributed by atoms with Gasteiger partial charge in [-0.05, 0) is 130 Å². The van der Waals surface area contributed by atoms with E-state index < -0.39 is 21.4 Å². The van der Waals surface area contributed by atoms with E-state index in [-0.39, 0.29) is 63.5 Å². The summed E-state index contributed by atoms with van der Waals surface area (Å²) in [5, 5.41) is 0. The second-order valence-corrected chi connectivity index (χ2v) is 17.5. The molecule has 0 unspecified atom stereocenters. The van der Waals surface area contributed by atoms with Crippen molar-refractivity contribution in [2.24, 2.45) is 23.5 Å². The predicted molar refractivity (Wildman–Crippen MR) is 196 cm³/mol. The van der Waals surface area contributed by atoms with E-state index in [2.05, 4.69) is 20.9 Å². The van der Waals surface area contributed by atoms with Crippen LogP contribution in [0.15, 0.2) is 76.7 Å². The number of anilines is 1. The van der Waals surface area contributed by atoms with Crippen LogP contribution in [0.5, 0.6) is 0 Å². The van der Waals surface area contributed by atoms with Gasteiger partial charge in [0, 0.05) is 36.8 Å². The van der Waals surface area contributed by atoms with Gasteiger partial charge in [-0.25, -0.2) is 22.2 Å². The summed E-state index contributed by atoms with van der Waals surface area (Å²) in [5.74, 6) is -0.537. The predicted octanol–water partition coefficient (Wildman–Crippen LogP) is 5.02. The molecule has 1 aromatic heterocycles. The fourth-order valence-corrected chi connectivity index (χ4v) is 10.8. The van der Waals surface area contributed by atoms with Crippen molar-refractivity contribution < 1.29 is 31.5 Å². The lowest BCUT2D eigenvalue weighted by atomic mass is 9.56. The fourth-order valence-electron chi connectivity index (χ4n) is 9.62. The molecule has 3 saturated heterocycles. The van der Waals surface area contributed by atoms with Crippen molar-refractivity contribution in [1.82, 2.24) is 14.8 Å². The van der Waals surface area contributed by atoms with Crippen LogP contribution in [0.25, 0.3) is 0 Å². The summed E-state index contributed by atoms with van der Waals surface area (Å²) in [6.45, 7) is 5.08. The van der Waals surface area contributed by atoms with Gasteiger partial charge in [-0.2, -0.15) is 0 Å². The summed E-state index contributed by atoms with van der Waals surface area (Å²) in [6.07, 6.45) is 7.35. The van der Waals surface area contributed by atoms with Crippen LogP contribution in [-0.2, 0) is 24.8 Å². The highest BCUT2D eigenvalue weighted by molar-refractivity contribution is 7.91. The lowest BCUT2D eigenvalue weighted by Crippen LogP contribution is -2.64. The Bertz CT molecular complexity index is 1890. The quantitative estimate of drug-likeness (QED) is 0.240. The molecule has 13 heteroatoms. The van der Waals surface area contributed by atoms with E-state index in [1.54, 1.807) is 18.2 Å². The van der Waals surface area contributed by atoms with E-state index in [1.165, 1.54) is 37.4 Å². The van der Waals surface area contributed by atoms with E-state index in [4.69, 9.17) is 10.5 Å². The number of aromatic nitrogens is 1. The number of likely N-dealkylation sites (tertiary alicyclic amines) is 2. The first-order valence-corrected chi connectivity index (χ1v) is 20.2. The van der Waals surface area contributed by atoms with Gasteiger partial charge in [0.2, 0.25) is 9.84 Å². The normalized spacial score (nSPS) is 23.5. The van der Waals surface area contributed by atoms with Crippen LogP contribution < -0.4 is 10.6 Å². The number of carbonyl (C=O) groups is 2. The van der Waals surface area contributed by atoms with Gasteiger partial charge in [0.25, 0.3) is 5.91 Å². The number of hydrogen-bond donors (Lipinski definition) is 1. The monoisotopic (exact) mass is 749 g/mol. The minimum absolute atomic E-state index is 0.0232. The van der Waals surface area contributed by atoms with Crippen molar-refractivity contribution >= 4 is 27.4 Å². The number of carbonyl (C=O) groups excluding carboxylic acids is 2. The van der Waals surface area contributed by atoms with Crippen LogP contribution in [0.1, 0.15) is 61.0 Å². The molecule has 1 saturated carbocycles. The molecule has 3 atom stereocenters. The van der Waals surface area contributed by atoms with Crippen molar-refractivity contribution in [3.63, 3.8) is 0 Å². The highest BCUT2D eigenvalue weighted by Gasteiger charge is 2.53. The molecule has 10 nitrogen and oxygen atoms in total. The Labute approximate surface area is 310 Å². The topological polar surface area (TPSA) is 126 Å². The first kappa shape index (κ1) is 37.4. The van der Waals surface area contributed by atoms with Crippen molar-refractivity contribution in [3.05, 3.63) is 83.9 Å². The first-order valence-electron chi connectivity index (χ1n) is 18.7. The smallest absolute Gasteiger partial charge is 0.305 e. The van der Waals surface area contributed by atoms with Crippen LogP contribution in [0, 0.1) is 23.6 Å². The molecule has 284 valence electrons. The molecule has 1 aliphatic carbocycles. The molecular formula is C40H49F2N5O5S. The SMILES string of the molecule is COC(=O)C[C@H]1CCC[C@@H]1[C@](CN1CCC1)(c1cccc(F)c1)C1CCN(CC2(F)CN(c3ccc(S(=O)(=O)c4ccc(C(N)=O)nc4)cc3)C2)CC1. The lowest BCUT2D eigenvalue weighted by molar-refractivity contribution is -0.142. The molecular weight excluding hydrogens is 701 g/mol. The van der Waals surface area contributed by atoms with Gasteiger partial charge in [-0.3, -0.25) is 14.5 Å². The number of halogens is 2. The third-order valence-corrected chi connectivity index (χ3v) is 14.1. The molecule has 0 radical (unpaired) electrons. The Morgan fingerprint density at radius 2 is 1.66 bits per heavy atom. The van der Waals surface area contributed by atoms with Crippen LogP contribution in [0.4, 0.5) is 14.5 Å². The maximum absolute atomic E-state index is 16.2. The summed E-state index contributed by atoms with van der Waals surface area (Å²) >= 11 is 0. The number of benzene rings is 2. The Hall–Kier alpha value is -3.94. The van der Waals surface area contributed by atoms with Gasteiger partial charge in [0.15, 0.2) is 5.67 Å². The number of methoxy groups -OCH3 is 1. The highest BCUT2D eigenvalue weighted by Crippen LogP contribution is 2.54. The number of primary amides is 1. The highest BCUT2D eigenvalue weighted by atomic mass is 32.2. The minimum atomic E-state index is -3.87. The average molecular weight is 750 g/mol. The molecule has 4 aliphatic rings. The Kier molecular flexibility index (Phi) is 10.6.